The van der Waals surface area contributed by atoms with E-state index < -0.39 is 0 Å². The Labute approximate surface area is 105 Å². The molecule has 2 N–H and O–H groups in total. The van der Waals surface area contributed by atoms with Gasteiger partial charge in [-0.15, -0.1) is 0 Å². The van der Waals surface area contributed by atoms with E-state index in [1.165, 1.54) is 11.3 Å². The van der Waals surface area contributed by atoms with Crippen molar-refractivity contribution in [2.75, 3.05) is 0 Å². The standard InChI is InChI=1S/C12H18BrN3/c1-3-10-12(13)11(16(2)15-10)7-8-4-5-9(14)6-8/h7,9H,3-6,14H2,1-2H3. The highest BCUT2D eigenvalue weighted by atomic mass is 79.9. The quantitative estimate of drug-likeness (QED) is 0.907. The Balaban J connectivity index is 2.30. The zero-order valence-electron chi connectivity index (χ0n) is 9.83. The average Bonchev–Trinajstić information content (AvgIpc) is 2.77. The van der Waals surface area contributed by atoms with Crippen molar-refractivity contribution in [3.8, 4) is 0 Å². The molecule has 0 aromatic carbocycles. The van der Waals surface area contributed by atoms with Gasteiger partial charge in [-0.05, 0) is 47.7 Å². The molecule has 1 saturated carbocycles. The summed E-state index contributed by atoms with van der Waals surface area (Å²) >= 11 is 3.63. The first-order valence-electron chi connectivity index (χ1n) is 5.78. The van der Waals surface area contributed by atoms with Gasteiger partial charge in [0.05, 0.1) is 15.9 Å². The minimum absolute atomic E-state index is 0.351. The van der Waals surface area contributed by atoms with Crippen molar-refractivity contribution in [3.05, 3.63) is 21.4 Å². The molecule has 1 atom stereocenters. The number of nitrogens with two attached hydrogens (primary N) is 1. The van der Waals surface area contributed by atoms with Gasteiger partial charge in [0.25, 0.3) is 0 Å². The van der Waals surface area contributed by atoms with Gasteiger partial charge in [-0.2, -0.15) is 5.10 Å². The Bertz CT molecular complexity index is 420. The highest BCUT2D eigenvalue weighted by Gasteiger charge is 2.17. The molecule has 88 valence electrons. The maximum absolute atomic E-state index is 5.91. The summed E-state index contributed by atoms with van der Waals surface area (Å²) in [6.07, 6.45) is 6.46. The van der Waals surface area contributed by atoms with E-state index in [0.29, 0.717) is 6.04 Å². The molecule has 16 heavy (non-hydrogen) atoms. The van der Waals surface area contributed by atoms with Gasteiger partial charge in [-0.25, -0.2) is 0 Å². The fourth-order valence-corrected chi connectivity index (χ4v) is 2.92. The lowest BCUT2D eigenvalue weighted by atomic mass is 10.1. The van der Waals surface area contributed by atoms with Gasteiger partial charge in [0.15, 0.2) is 0 Å². The maximum atomic E-state index is 5.91. The molecular weight excluding hydrogens is 266 g/mol. The lowest BCUT2D eigenvalue weighted by molar-refractivity contribution is 0.711. The second-order valence-corrected chi connectivity index (χ2v) is 5.22. The summed E-state index contributed by atoms with van der Waals surface area (Å²) in [6.45, 7) is 2.12. The normalized spacial score (nSPS) is 23.2. The van der Waals surface area contributed by atoms with Gasteiger partial charge in [0.1, 0.15) is 0 Å². The topological polar surface area (TPSA) is 43.8 Å². The van der Waals surface area contributed by atoms with E-state index in [2.05, 4.69) is 34.0 Å². The summed E-state index contributed by atoms with van der Waals surface area (Å²) < 4.78 is 3.07. The van der Waals surface area contributed by atoms with Crippen LogP contribution in [0, 0.1) is 0 Å². The zero-order valence-corrected chi connectivity index (χ0v) is 11.4. The van der Waals surface area contributed by atoms with Crippen LogP contribution < -0.4 is 5.73 Å². The van der Waals surface area contributed by atoms with Crippen LogP contribution in [0.4, 0.5) is 0 Å². The van der Waals surface area contributed by atoms with Crippen LogP contribution in [0.3, 0.4) is 0 Å². The molecule has 0 bridgehead atoms. The van der Waals surface area contributed by atoms with Crippen molar-refractivity contribution in [1.29, 1.82) is 0 Å². The third-order valence-corrected chi connectivity index (χ3v) is 4.00. The van der Waals surface area contributed by atoms with E-state index in [0.717, 1.165) is 35.8 Å². The van der Waals surface area contributed by atoms with Crippen molar-refractivity contribution in [2.45, 2.75) is 38.6 Å². The van der Waals surface area contributed by atoms with E-state index in [4.69, 9.17) is 5.73 Å². The summed E-state index contributed by atoms with van der Waals surface area (Å²) in [5.41, 5.74) is 9.64. The minimum atomic E-state index is 0.351. The SMILES string of the molecule is CCc1nn(C)c(C=C2CCC(N)C2)c1Br. The van der Waals surface area contributed by atoms with Gasteiger partial charge in [-0.3, -0.25) is 4.68 Å². The fourth-order valence-electron chi connectivity index (χ4n) is 2.19. The van der Waals surface area contributed by atoms with Crippen LogP contribution in [0.1, 0.15) is 37.6 Å². The van der Waals surface area contributed by atoms with Crippen LogP contribution in [0.25, 0.3) is 6.08 Å². The molecule has 1 aromatic heterocycles. The summed E-state index contributed by atoms with van der Waals surface area (Å²) in [6, 6.07) is 0.351. The number of aromatic nitrogens is 2. The summed E-state index contributed by atoms with van der Waals surface area (Å²) in [5, 5.41) is 4.48. The Morgan fingerprint density at radius 2 is 2.38 bits per heavy atom. The molecule has 1 aliphatic carbocycles. The molecule has 0 radical (unpaired) electrons. The third-order valence-electron chi connectivity index (χ3n) is 3.13. The second kappa shape index (κ2) is 4.72. The van der Waals surface area contributed by atoms with E-state index in [1.807, 2.05) is 11.7 Å². The van der Waals surface area contributed by atoms with Crippen molar-refractivity contribution < 1.29 is 0 Å². The molecule has 1 aromatic rings. The highest BCUT2D eigenvalue weighted by Crippen LogP contribution is 2.29. The summed E-state index contributed by atoms with van der Waals surface area (Å²) in [5.74, 6) is 0. The Hall–Kier alpha value is -0.610. The summed E-state index contributed by atoms with van der Waals surface area (Å²) in [4.78, 5) is 0. The highest BCUT2D eigenvalue weighted by molar-refractivity contribution is 9.10. The van der Waals surface area contributed by atoms with Crippen molar-refractivity contribution in [3.63, 3.8) is 0 Å². The van der Waals surface area contributed by atoms with Crippen LogP contribution in [0.2, 0.25) is 0 Å². The largest absolute Gasteiger partial charge is 0.327 e. The van der Waals surface area contributed by atoms with E-state index in [9.17, 15) is 0 Å². The minimum Gasteiger partial charge on any atom is -0.327 e. The first-order valence-corrected chi connectivity index (χ1v) is 6.57. The Morgan fingerprint density at radius 3 is 2.88 bits per heavy atom. The number of nitrogens with zero attached hydrogens (tertiary/aromatic N) is 2. The molecule has 1 aliphatic rings. The van der Waals surface area contributed by atoms with E-state index in [1.54, 1.807) is 0 Å². The molecule has 0 saturated heterocycles. The molecule has 3 nitrogen and oxygen atoms in total. The Morgan fingerprint density at radius 1 is 1.62 bits per heavy atom. The number of hydrogen-bond donors (Lipinski definition) is 1. The predicted octanol–water partition coefficient (Wildman–Crippen LogP) is 2.64. The van der Waals surface area contributed by atoms with Gasteiger partial charge < -0.3 is 5.73 Å². The number of rotatable bonds is 2. The number of hydrogen-bond acceptors (Lipinski definition) is 2. The van der Waals surface area contributed by atoms with E-state index in [-0.39, 0.29) is 0 Å². The molecule has 4 heteroatoms. The van der Waals surface area contributed by atoms with Crippen LogP contribution in [-0.2, 0) is 13.5 Å². The van der Waals surface area contributed by atoms with Crippen LogP contribution in [0.5, 0.6) is 0 Å². The number of aryl methyl sites for hydroxylation is 2. The molecule has 0 aliphatic heterocycles. The van der Waals surface area contributed by atoms with Crippen LogP contribution in [-0.4, -0.2) is 15.8 Å². The van der Waals surface area contributed by atoms with Crippen molar-refractivity contribution in [2.24, 2.45) is 12.8 Å². The summed E-state index contributed by atoms with van der Waals surface area (Å²) in [7, 11) is 1.99. The molecule has 2 rings (SSSR count). The second-order valence-electron chi connectivity index (χ2n) is 4.43. The smallest absolute Gasteiger partial charge is 0.0770 e. The first-order chi connectivity index (χ1) is 7.61. The predicted molar refractivity (Wildman–Crippen MR) is 70.1 cm³/mol. The van der Waals surface area contributed by atoms with E-state index >= 15 is 0 Å². The van der Waals surface area contributed by atoms with Crippen LogP contribution in [0.15, 0.2) is 10.0 Å². The van der Waals surface area contributed by atoms with Crippen molar-refractivity contribution in [1.82, 2.24) is 9.78 Å². The Kier molecular flexibility index (Phi) is 3.50. The van der Waals surface area contributed by atoms with Gasteiger partial charge >= 0.3 is 0 Å². The van der Waals surface area contributed by atoms with Gasteiger partial charge in [0.2, 0.25) is 0 Å². The fraction of sp³-hybridized carbons (Fsp3) is 0.583. The van der Waals surface area contributed by atoms with Crippen molar-refractivity contribution >= 4 is 22.0 Å². The van der Waals surface area contributed by atoms with Gasteiger partial charge in [0, 0.05) is 13.1 Å². The van der Waals surface area contributed by atoms with Crippen LogP contribution >= 0.6 is 15.9 Å². The number of halogens is 1. The monoisotopic (exact) mass is 283 g/mol. The third kappa shape index (κ3) is 2.23. The molecule has 1 fully saturated rings. The molecular formula is C12H18BrN3. The first kappa shape index (κ1) is 11.9. The maximum Gasteiger partial charge on any atom is 0.0770 e. The zero-order chi connectivity index (χ0) is 11.7. The van der Waals surface area contributed by atoms with Gasteiger partial charge in [-0.1, -0.05) is 12.5 Å². The lowest BCUT2D eigenvalue weighted by Crippen LogP contribution is -2.13. The molecule has 1 heterocycles. The lowest BCUT2D eigenvalue weighted by Gasteiger charge is -2.00. The average molecular weight is 284 g/mol. The molecule has 1 unspecified atom stereocenters. The molecule has 0 spiro atoms. The molecule has 0 amide bonds.